The molecule has 0 unspecified atom stereocenters. The Hall–Kier alpha value is -1.22. The highest BCUT2D eigenvalue weighted by atomic mass is 35.5. The minimum Gasteiger partial charge on any atom is -0.308 e. The van der Waals surface area contributed by atoms with Crippen LogP contribution in [-0.4, -0.2) is 29.5 Å². The summed E-state index contributed by atoms with van der Waals surface area (Å²) in [5.41, 5.74) is 1.45. The van der Waals surface area contributed by atoms with Crippen LogP contribution in [0.25, 0.3) is 5.69 Å². The van der Waals surface area contributed by atoms with Crippen LogP contribution in [0.1, 0.15) is 31.4 Å². The van der Waals surface area contributed by atoms with Crippen LogP contribution in [0.3, 0.4) is 0 Å². The van der Waals surface area contributed by atoms with Gasteiger partial charge in [-0.2, -0.15) is 8.42 Å². The molecule has 10 heteroatoms. The number of hydrogen-bond acceptors (Lipinski definition) is 5. The van der Waals surface area contributed by atoms with Crippen LogP contribution >= 0.6 is 24.8 Å². The average molecular weight is 397 g/mol. The molecule has 0 spiro atoms. The molecule has 1 fully saturated rings. The number of rotatable bonds is 5. The summed E-state index contributed by atoms with van der Waals surface area (Å²) in [5.74, 6) is 0. The van der Waals surface area contributed by atoms with Gasteiger partial charge in [-0.05, 0) is 37.1 Å². The lowest BCUT2D eigenvalue weighted by molar-refractivity contribution is 0.519. The van der Waals surface area contributed by atoms with Crippen molar-refractivity contribution in [3.8, 4) is 5.69 Å². The van der Waals surface area contributed by atoms with Crippen LogP contribution in [0, 0.1) is 0 Å². The summed E-state index contributed by atoms with van der Waals surface area (Å²) in [5, 5.41) is 11.5. The Morgan fingerprint density at radius 2 is 1.79 bits per heavy atom. The number of nitrogens with zero attached hydrogens (tertiary/aromatic N) is 3. The molecular weight excluding hydrogens is 378 g/mol. The van der Waals surface area contributed by atoms with Crippen molar-refractivity contribution < 1.29 is 12.3 Å². The molecule has 0 amide bonds. The highest BCUT2D eigenvalue weighted by Gasteiger charge is 2.15. The Balaban J connectivity index is 0.00000144. The van der Waals surface area contributed by atoms with E-state index < -0.39 is 10.2 Å². The fourth-order valence-corrected chi connectivity index (χ4v) is 3.11. The first-order valence-corrected chi connectivity index (χ1v) is 8.60. The van der Waals surface area contributed by atoms with Gasteiger partial charge in [0, 0.05) is 12.6 Å². The monoisotopic (exact) mass is 396 g/mol. The number of benzene rings is 1. The maximum Gasteiger partial charge on any atom is 0.332 e. The second kappa shape index (κ2) is 8.75. The molecule has 0 radical (unpaired) electrons. The molecule has 1 aliphatic rings. The van der Waals surface area contributed by atoms with E-state index in [1.54, 1.807) is 10.9 Å². The van der Waals surface area contributed by atoms with Crippen molar-refractivity contribution in [2.24, 2.45) is 0 Å². The van der Waals surface area contributed by atoms with Gasteiger partial charge < -0.3 is 5.32 Å². The molecule has 1 N–H and O–H groups in total. The van der Waals surface area contributed by atoms with Crippen molar-refractivity contribution in [1.29, 1.82) is 0 Å². The Morgan fingerprint density at radius 3 is 2.38 bits per heavy atom. The Morgan fingerprint density at radius 1 is 1.17 bits per heavy atom. The molecule has 1 aromatic heterocycles. The third-order valence-electron chi connectivity index (χ3n) is 3.85. The lowest BCUT2D eigenvalue weighted by Crippen LogP contribution is -2.25. The molecule has 1 heterocycles. The number of aromatic nitrogens is 3. The van der Waals surface area contributed by atoms with Crippen molar-refractivity contribution in [3.63, 3.8) is 0 Å². The molecule has 1 aliphatic carbocycles. The zero-order chi connectivity index (χ0) is 15.6. The summed E-state index contributed by atoms with van der Waals surface area (Å²) >= 11 is 0. The predicted molar refractivity (Wildman–Crippen MR) is 93.2 cm³/mol. The summed E-state index contributed by atoms with van der Waals surface area (Å²) in [6.07, 6.45) is 6.73. The van der Waals surface area contributed by atoms with Gasteiger partial charge in [0.05, 0.1) is 22.5 Å². The zero-order valence-electron chi connectivity index (χ0n) is 12.8. The lowest BCUT2D eigenvalue weighted by Gasteiger charge is -2.09. The van der Waals surface area contributed by atoms with E-state index in [9.17, 15) is 12.3 Å². The normalized spacial score (nSPS) is 14.9. The minimum absolute atomic E-state index is 0. The molecule has 2 aromatic rings. The van der Waals surface area contributed by atoms with E-state index in [-0.39, 0.29) is 29.7 Å². The summed E-state index contributed by atoms with van der Waals surface area (Å²) < 4.78 is 36.0. The maximum atomic E-state index is 12.8. The number of hydrogen-bond donors (Lipinski definition) is 1. The van der Waals surface area contributed by atoms with Crippen LogP contribution in [-0.2, 0) is 16.8 Å². The first kappa shape index (κ1) is 20.8. The maximum absolute atomic E-state index is 12.8. The molecule has 1 aromatic carbocycles. The van der Waals surface area contributed by atoms with Gasteiger partial charge in [-0.25, -0.2) is 4.68 Å². The van der Waals surface area contributed by atoms with E-state index in [1.807, 2.05) is 0 Å². The molecule has 1 saturated carbocycles. The van der Waals surface area contributed by atoms with Gasteiger partial charge in [-0.3, -0.25) is 0 Å². The van der Waals surface area contributed by atoms with Crippen molar-refractivity contribution in [2.75, 3.05) is 0 Å². The van der Waals surface area contributed by atoms with Gasteiger partial charge in [-0.15, -0.1) is 33.8 Å². The highest BCUT2D eigenvalue weighted by Crippen LogP contribution is 2.18. The van der Waals surface area contributed by atoms with Crippen molar-refractivity contribution >= 4 is 35.0 Å². The van der Waals surface area contributed by atoms with Crippen LogP contribution in [0.5, 0.6) is 0 Å². The van der Waals surface area contributed by atoms with E-state index in [4.69, 9.17) is 0 Å². The topological polar surface area (TPSA) is 76.9 Å². The van der Waals surface area contributed by atoms with Crippen LogP contribution < -0.4 is 5.32 Å². The summed E-state index contributed by atoms with van der Waals surface area (Å²) in [6, 6.07) is 5.97. The first-order chi connectivity index (χ1) is 10.5. The predicted octanol–water partition coefficient (Wildman–Crippen LogP) is 2.80. The molecule has 6 nitrogen and oxygen atoms in total. The Labute approximate surface area is 152 Å². The quantitative estimate of drug-likeness (QED) is 0.786. The van der Waals surface area contributed by atoms with Gasteiger partial charge >= 0.3 is 10.2 Å². The largest absolute Gasteiger partial charge is 0.332 e. The van der Waals surface area contributed by atoms with Crippen LogP contribution in [0.4, 0.5) is 3.89 Å². The molecule has 0 aliphatic heterocycles. The fourth-order valence-electron chi connectivity index (χ4n) is 2.65. The van der Waals surface area contributed by atoms with Crippen molar-refractivity contribution in [1.82, 2.24) is 20.3 Å². The molecule has 0 atom stereocenters. The van der Waals surface area contributed by atoms with Gasteiger partial charge in [0.2, 0.25) is 0 Å². The second-order valence-electron chi connectivity index (χ2n) is 5.45. The first-order valence-electron chi connectivity index (χ1n) is 7.22. The third kappa shape index (κ3) is 5.14. The molecule has 0 bridgehead atoms. The number of nitrogens with one attached hydrogen (secondary N) is 1. The fraction of sp³-hybridized carbons (Fsp3) is 0.429. The highest BCUT2D eigenvalue weighted by molar-refractivity contribution is 7.86. The van der Waals surface area contributed by atoms with E-state index in [1.165, 1.54) is 49.9 Å². The molecule has 24 heavy (non-hydrogen) atoms. The second-order valence-corrected chi connectivity index (χ2v) is 6.80. The molecule has 134 valence electrons. The summed E-state index contributed by atoms with van der Waals surface area (Å²) in [4.78, 5) is -0.362. The average Bonchev–Trinajstić information content (AvgIpc) is 3.16. The van der Waals surface area contributed by atoms with Gasteiger partial charge in [0.25, 0.3) is 0 Å². The SMILES string of the molecule is Cl.Cl.O=S(=O)(F)c1ccc(-n2cc(CNC3CCCC3)nn2)cc1. The standard InChI is InChI=1S/C14H17FN4O2S.2ClH/c15-22(20,21)14-7-5-13(6-8-14)19-10-12(17-18-19)9-16-11-3-1-2-4-11;;/h5-8,10-11,16H,1-4,9H2;2*1H. The van der Waals surface area contributed by atoms with E-state index in [0.717, 1.165) is 5.69 Å². The zero-order valence-corrected chi connectivity index (χ0v) is 15.2. The van der Waals surface area contributed by atoms with E-state index >= 15 is 0 Å². The van der Waals surface area contributed by atoms with Gasteiger partial charge in [-0.1, -0.05) is 18.1 Å². The van der Waals surface area contributed by atoms with Crippen LogP contribution in [0.2, 0.25) is 0 Å². The lowest BCUT2D eigenvalue weighted by atomic mass is 10.2. The molecule has 3 rings (SSSR count). The third-order valence-corrected chi connectivity index (χ3v) is 4.69. The Bertz CT molecular complexity index is 746. The van der Waals surface area contributed by atoms with E-state index in [2.05, 4.69) is 15.6 Å². The van der Waals surface area contributed by atoms with Crippen molar-refractivity contribution in [2.45, 2.75) is 43.2 Å². The number of halogens is 3. The summed E-state index contributed by atoms with van der Waals surface area (Å²) in [7, 11) is -4.67. The van der Waals surface area contributed by atoms with Gasteiger partial charge in [0.15, 0.2) is 0 Å². The molecular formula is C14H19Cl2FN4O2S. The van der Waals surface area contributed by atoms with Crippen molar-refractivity contribution in [3.05, 3.63) is 36.2 Å². The minimum atomic E-state index is -4.67. The Kier molecular flexibility index (Phi) is 7.59. The molecule has 0 saturated heterocycles. The summed E-state index contributed by atoms with van der Waals surface area (Å²) in [6.45, 7) is 0.654. The van der Waals surface area contributed by atoms with Crippen LogP contribution in [0.15, 0.2) is 35.4 Å². The van der Waals surface area contributed by atoms with E-state index in [0.29, 0.717) is 18.3 Å². The van der Waals surface area contributed by atoms with Gasteiger partial charge in [0.1, 0.15) is 0 Å². The smallest absolute Gasteiger partial charge is 0.308 e.